The van der Waals surface area contributed by atoms with Crippen LogP contribution in [0.25, 0.3) is 11.1 Å². The van der Waals surface area contributed by atoms with Crippen LogP contribution in [0.15, 0.2) is 60.8 Å². The number of benzene rings is 2. The molecule has 1 atom stereocenters. The van der Waals surface area contributed by atoms with Gasteiger partial charge in [0, 0.05) is 30.5 Å². The molecule has 2 aliphatic rings. The van der Waals surface area contributed by atoms with Gasteiger partial charge in [0.1, 0.15) is 11.4 Å². The van der Waals surface area contributed by atoms with E-state index in [9.17, 15) is 14.7 Å². The Hall–Kier alpha value is -3.95. The van der Waals surface area contributed by atoms with Gasteiger partial charge in [0.2, 0.25) is 6.35 Å². The van der Waals surface area contributed by atoms with Crippen molar-refractivity contribution in [3.05, 3.63) is 77.5 Å². The third-order valence-corrected chi connectivity index (χ3v) is 7.93. The molecule has 9 nitrogen and oxygen atoms in total. The third-order valence-electron chi connectivity index (χ3n) is 7.93. The number of nitrogens with one attached hydrogen (secondary N) is 1. The Balaban J connectivity index is 1.44. The fraction of sp³-hybridized carbons (Fsp3) is 0.441. The van der Waals surface area contributed by atoms with Crippen molar-refractivity contribution in [2.45, 2.75) is 84.0 Å². The highest BCUT2D eigenvalue weighted by Crippen LogP contribution is 2.40. The Kier molecular flexibility index (Phi) is 8.76. The Morgan fingerprint density at radius 2 is 1.77 bits per heavy atom. The van der Waals surface area contributed by atoms with Crippen molar-refractivity contribution in [3.8, 4) is 11.1 Å². The number of aryl methyl sites for hydroxylation is 1. The molecule has 1 fully saturated rings. The quantitative estimate of drug-likeness (QED) is 0.376. The van der Waals surface area contributed by atoms with Crippen molar-refractivity contribution in [2.24, 2.45) is 0 Å². The molecule has 2 amide bonds. The average molecular weight is 586 g/mol. The Bertz CT molecular complexity index is 1480. The molecule has 3 aromatic rings. The highest BCUT2D eigenvalue weighted by atomic mass is 16.6. The lowest BCUT2D eigenvalue weighted by atomic mass is 9.89. The van der Waals surface area contributed by atoms with Crippen molar-refractivity contribution in [1.82, 2.24) is 20.1 Å². The number of rotatable bonds is 6. The molecule has 9 heteroatoms. The van der Waals surface area contributed by atoms with Crippen molar-refractivity contribution in [2.75, 3.05) is 19.0 Å². The Morgan fingerprint density at radius 1 is 1.05 bits per heavy atom. The lowest BCUT2D eigenvalue weighted by Gasteiger charge is -2.46. The van der Waals surface area contributed by atoms with Crippen LogP contribution < -0.4 is 10.2 Å². The van der Waals surface area contributed by atoms with E-state index in [0.29, 0.717) is 37.1 Å². The second kappa shape index (κ2) is 12.3. The van der Waals surface area contributed by atoms with E-state index in [1.165, 1.54) is 5.56 Å². The fourth-order valence-corrected chi connectivity index (χ4v) is 6.08. The number of carbonyl (C=O) groups excluding carboxylic acids is 2. The van der Waals surface area contributed by atoms with E-state index in [1.54, 1.807) is 16.0 Å². The maximum Gasteiger partial charge on any atom is 0.407 e. The largest absolute Gasteiger partial charge is 0.444 e. The number of ether oxygens (including phenoxy) is 1. The van der Waals surface area contributed by atoms with Gasteiger partial charge in [-0.1, -0.05) is 36.4 Å². The van der Waals surface area contributed by atoms with Crippen LogP contribution in [0.1, 0.15) is 67.9 Å². The molecule has 1 aromatic heterocycles. The lowest BCUT2D eigenvalue weighted by Crippen LogP contribution is -2.59. The molecule has 2 heterocycles. The molecule has 1 unspecified atom stereocenters. The topological polar surface area (TPSA) is 98.2 Å². The number of aliphatic hydroxyl groups excluding tert-OH is 1. The van der Waals surface area contributed by atoms with Crippen LogP contribution >= 0.6 is 0 Å². The van der Waals surface area contributed by atoms with Crippen molar-refractivity contribution >= 4 is 23.5 Å². The molecule has 43 heavy (non-hydrogen) atoms. The SMILES string of the molecule is Cc1cnc2c(c1)C(=O)N(C1CCC(NC(=O)OC(C)(C)C)CC1)C(O)N2c1cccc(-c2ccccc2CN(C)C)c1. The fourth-order valence-electron chi connectivity index (χ4n) is 6.08. The van der Waals surface area contributed by atoms with Gasteiger partial charge in [-0.25, -0.2) is 9.78 Å². The number of alkyl carbamates (subject to hydrolysis) is 1. The third kappa shape index (κ3) is 6.84. The molecule has 5 rings (SSSR count). The summed E-state index contributed by atoms with van der Waals surface area (Å²) in [5.74, 6) is 0.212. The molecule has 1 aliphatic heterocycles. The summed E-state index contributed by atoms with van der Waals surface area (Å²) in [4.78, 5) is 36.4. The number of anilines is 2. The van der Waals surface area contributed by atoms with Crippen LogP contribution in [0.4, 0.5) is 16.3 Å². The Morgan fingerprint density at radius 3 is 2.47 bits per heavy atom. The Labute approximate surface area is 254 Å². The maximum absolute atomic E-state index is 13.9. The van der Waals surface area contributed by atoms with Gasteiger partial charge in [-0.3, -0.25) is 14.6 Å². The molecule has 2 aromatic carbocycles. The lowest BCUT2D eigenvalue weighted by molar-refractivity contribution is -0.0222. The number of aromatic nitrogens is 1. The number of amides is 2. The molecule has 228 valence electrons. The van der Waals surface area contributed by atoms with Gasteiger partial charge >= 0.3 is 6.09 Å². The first kappa shape index (κ1) is 30.5. The zero-order valence-electron chi connectivity index (χ0n) is 26.0. The predicted molar refractivity (Wildman–Crippen MR) is 168 cm³/mol. The smallest absolute Gasteiger partial charge is 0.407 e. The maximum atomic E-state index is 13.9. The summed E-state index contributed by atoms with van der Waals surface area (Å²) >= 11 is 0. The molecule has 2 N–H and O–H groups in total. The first-order valence-electron chi connectivity index (χ1n) is 15.0. The van der Waals surface area contributed by atoms with Crippen molar-refractivity contribution < 1.29 is 19.4 Å². The van der Waals surface area contributed by atoms with E-state index in [0.717, 1.165) is 28.9 Å². The van der Waals surface area contributed by atoms with Crippen LogP contribution in [0.5, 0.6) is 0 Å². The van der Waals surface area contributed by atoms with Gasteiger partial charge in [-0.2, -0.15) is 0 Å². The minimum Gasteiger partial charge on any atom is -0.444 e. The summed E-state index contributed by atoms with van der Waals surface area (Å²) in [6.07, 6.45) is 2.70. The zero-order valence-corrected chi connectivity index (χ0v) is 26.0. The average Bonchev–Trinajstić information content (AvgIpc) is 2.93. The molecular weight excluding hydrogens is 542 g/mol. The predicted octanol–water partition coefficient (Wildman–Crippen LogP) is 5.82. The number of carbonyl (C=O) groups is 2. The van der Waals surface area contributed by atoms with Gasteiger partial charge in [0.15, 0.2) is 0 Å². The minimum absolute atomic E-state index is 0.0469. The van der Waals surface area contributed by atoms with Gasteiger partial charge in [-0.05, 0) is 108 Å². The van der Waals surface area contributed by atoms with E-state index in [1.807, 2.05) is 58.0 Å². The standard InChI is InChI=1S/C34H43N5O4/c1-22-18-29-30(35-20-22)38(27-12-9-11-23(19-27)28-13-8-7-10-24(28)21-37(5)6)33(42)39(31(29)40)26-16-14-25(15-17-26)36-32(41)43-34(2,3)4/h7-13,18-20,25-26,33,42H,14-17,21H2,1-6H3,(H,36,41). The molecule has 0 spiro atoms. The molecule has 0 saturated heterocycles. The van der Waals surface area contributed by atoms with Gasteiger partial charge < -0.3 is 20.1 Å². The summed E-state index contributed by atoms with van der Waals surface area (Å²) in [6, 6.07) is 18.0. The monoisotopic (exact) mass is 585 g/mol. The highest BCUT2D eigenvalue weighted by molar-refractivity contribution is 6.02. The van der Waals surface area contributed by atoms with Crippen molar-refractivity contribution in [3.63, 3.8) is 0 Å². The summed E-state index contributed by atoms with van der Waals surface area (Å²) < 4.78 is 5.43. The van der Waals surface area contributed by atoms with E-state index in [4.69, 9.17) is 4.74 Å². The first-order chi connectivity index (χ1) is 20.4. The summed E-state index contributed by atoms with van der Waals surface area (Å²) in [5.41, 5.74) is 4.86. The summed E-state index contributed by atoms with van der Waals surface area (Å²) in [6.45, 7) is 8.22. The molecule has 0 radical (unpaired) electrons. The summed E-state index contributed by atoms with van der Waals surface area (Å²) in [7, 11) is 4.10. The number of aliphatic hydroxyl groups is 1. The highest BCUT2D eigenvalue weighted by Gasteiger charge is 2.43. The second-order valence-electron chi connectivity index (χ2n) is 12.9. The minimum atomic E-state index is -1.23. The molecule has 1 saturated carbocycles. The number of fused-ring (bicyclic) bond motifs is 1. The van der Waals surface area contributed by atoms with Gasteiger partial charge in [0.25, 0.3) is 5.91 Å². The molecular formula is C34H43N5O4. The molecule has 0 bridgehead atoms. The van der Waals surface area contributed by atoms with Crippen LogP contribution in [-0.2, 0) is 11.3 Å². The van der Waals surface area contributed by atoms with Gasteiger partial charge in [0.05, 0.1) is 5.56 Å². The van der Waals surface area contributed by atoms with Crippen LogP contribution in [0.3, 0.4) is 0 Å². The van der Waals surface area contributed by atoms with E-state index in [2.05, 4.69) is 53.6 Å². The number of hydrogen-bond acceptors (Lipinski definition) is 7. The van der Waals surface area contributed by atoms with E-state index < -0.39 is 18.0 Å². The normalized spacial score (nSPS) is 20.7. The number of pyridine rings is 1. The van der Waals surface area contributed by atoms with Gasteiger partial charge in [-0.15, -0.1) is 0 Å². The zero-order chi connectivity index (χ0) is 30.9. The van der Waals surface area contributed by atoms with Crippen LogP contribution in [-0.4, -0.2) is 70.0 Å². The number of nitrogens with zero attached hydrogens (tertiary/aromatic N) is 4. The van der Waals surface area contributed by atoms with Crippen LogP contribution in [0, 0.1) is 6.92 Å². The van der Waals surface area contributed by atoms with E-state index in [-0.39, 0.29) is 18.0 Å². The second-order valence-corrected chi connectivity index (χ2v) is 12.9. The van der Waals surface area contributed by atoms with E-state index >= 15 is 0 Å². The summed E-state index contributed by atoms with van der Waals surface area (Å²) in [5, 5.41) is 14.9. The molecule has 1 aliphatic carbocycles. The first-order valence-corrected chi connectivity index (χ1v) is 15.0. The van der Waals surface area contributed by atoms with Crippen LogP contribution in [0.2, 0.25) is 0 Å². The van der Waals surface area contributed by atoms with Crippen molar-refractivity contribution in [1.29, 1.82) is 0 Å². The number of hydrogen-bond donors (Lipinski definition) is 2.